The summed E-state index contributed by atoms with van der Waals surface area (Å²) in [5.74, 6) is -0.404. The fourth-order valence-corrected chi connectivity index (χ4v) is 3.82. The number of benzene rings is 2. The van der Waals surface area contributed by atoms with Gasteiger partial charge in [-0.1, -0.05) is 17.7 Å². The number of ether oxygens (including phenoxy) is 1. The van der Waals surface area contributed by atoms with Gasteiger partial charge >= 0.3 is 0 Å². The Morgan fingerprint density at radius 1 is 1.28 bits per heavy atom. The third kappa shape index (κ3) is 5.77. The molecule has 2 aromatic rings. The lowest BCUT2D eigenvalue weighted by atomic mass is 10.1. The number of nitro groups is 1. The first-order valence-corrected chi connectivity index (χ1v) is 9.99. The van der Waals surface area contributed by atoms with Gasteiger partial charge in [0.15, 0.2) is 0 Å². The number of hydrogen-bond acceptors (Lipinski definition) is 7. The van der Waals surface area contributed by atoms with Crippen LogP contribution in [0.25, 0.3) is 0 Å². The predicted octanol–water partition coefficient (Wildman–Crippen LogP) is 3.74. The Balaban J connectivity index is 1.71. The number of halogens is 1. The van der Waals surface area contributed by atoms with Gasteiger partial charge in [-0.15, -0.1) is 0 Å². The summed E-state index contributed by atoms with van der Waals surface area (Å²) in [6.45, 7) is 4.60. The van der Waals surface area contributed by atoms with Gasteiger partial charge in [0, 0.05) is 34.6 Å². The van der Waals surface area contributed by atoms with Crippen LogP contribution in [0.15, 0.2) is 52.5 Å². The molecule has 0 atom stereocenters. The number of carbonyl (C=O) groups is 1. The molecule has 0 aromatic heterocycles. The smallest absolute Gasteiger partial charge is 0.278 e. The van der Waals surface area contributed by atoms with Crippen LogP contribution in [0, 0.1) is 10.1 Å². The molecule has 0 unspecified atom stereocenters. The Morgan fingerprint density at radius 3 is 2.76 bits per heavy atom. The van der Waals surface area contributed by atoms with Crippen LogP contribution in [0.5, 0.6) is 0 Å². The molecule has 1 fully saturated rings. The van der Waals surface area contributed by atoms with Gasteiger partial charge in [-0.05, 0) is 49.2 Å². The number of rotatable bonds is 6. The zero-order chi connectivity index (χ0) is 20.8. The van der Waals surface area contributed by atoms with Crippen molar-refractivity contribution in [2.75, 3.05) is 26.3 Å². The van der Waals surface area contributed by atoms with E-state index in [-0.39, 0.29) is 17.0 Å². The lowest BCUT2D eigenvalue weighted by Crippen LogP contribution is -2.30. The molecule has 1 heterocycles. The van der Waals surface area contributed by atoms with Crippen molar-refractivity contribution in [3.05, 3.63) is 68.7 Å². The Bertz CT molecular complexity index is 948. The molecule has 0 spiro atoms. The quantitative estimate of drug-likeness (QED) is 0.322. The van der Waals surface area contributed by atoms with Gasteiger partial charge < -0.3 is 4.74 Å². The maximum atomic E-state index is 12.5. The number of amides is 1. The standard InChI is InChI=1S/C19H19ClN4O4S/c1-13(17-12-15(20)5-6-18(17)24(26)27)21-22-19(25)14-3-2-4-16(11-14)29-23-7-9-28-10-8-23/h2-6,11-12H,7-10H2,1H3,(H,22,25)/b21-13+. The summed E-state index contributed by atoms with van der Waals surface area (Å²) in [5.41, 5.74) is 3.30. The Labute approximate surface area is 177 Å². The minimum atomic E-state index is -0.515. The number of carbonyl (C=O) groups excluding carboxylic acids is 1. The van der Waals surface area contributed by atoms with E-state index >= 15 is 0 Å². The Morgan fingerprint density at radius 2 is 2.03 bits per heavy atom. The molecule has 1 aliphatic heterocycles. The topological polar surface area (TPSA) is 97.1 Å². The fourth-order valence-electron chi connectivity index (χ4n) is 2.70. The van der Waals surface area contributed by atoms with Gasteiger partial charge in [0.05, 0.1) is 29.4 Å². The largest absolute Gasteiger partial charge is 0.379 e. The first-order chi connectivity index (χ1) is 13.9. The van der Waals surface area contributed by atoms with Crippen LogP contribution in [0.4, 0.5) is 5.69 Å². The van der Waals surface area contributed by atoms with Crippen LogP contribution in [0.3, 0.4) is 0 Å². The van der Waals surface area contributed by atoms with Gasteiger partial charge in [0.2, 0.25) is 0 Å². The monoisotopic (exact) mass is 434 g/mol. The van der Waals surface area contributed by atoms with E-state index in [1.54, 1.807) is 37.1 Å². The second-order valence-electron chi connectivity index (χ2n) is 6.22. The first kappa shape index (κ1) is 21.3. The van der Waals surface area contributed by atoms with E-state index in [0.29, 0.717) is 23.8 Å². The number of nitrogens with one attached hydrogen (secondary N) is 1. The van der Waals surface area contributed by atoms with Crippen LogP contribution in [-0.2, 0) is 4.74 Å². The number of hydrogen-bond donors (Lipinski definition) is 1. The number of nitro benzene ring substituents is 1. The van der Waals surface area contributed by atoms with Crippen molar-refractivity contribution in [3.63, 3.8) is 0 Å². The van der Waals surface area contributed by atoms with E-state index in [0.717, 1.165) is 18.0 Å². The Kier molecular flexibility index (Phi) is 7.21. The van der Waals surface area contributed by atoms with E-state index in [4.69, 9.17) is 16.3 Å². The molecule has 1 N–H and O–H groups in total. The van der Waals surface area contributed by atoms with Crippen molar-refractivity contribution in [1.82, 2.24) is 9.73 Å². The molecular formula is C19H19ClN4O4S. The van der Waals surface area contributed by atoms with Crippen LogP contribution >= 0.6 is 23.5 Å². The van der Waals surface area contributed by atoms with Crippen LogP contribution in [0.2, 0.25) is 5.02 Å². The van der Waals surface area contributed by atoms with Crippen LogP contribution < -0.4 is 5.43 Å². The highest BCUT2D eigenvalue weighted by Gasteiger charge is 2.17. The second kappa shape index (κ2) is 9.84. The molecule has 10 heteroatoms. The van der Waals surface area contributed by atoms with Crippen LogP contribution in [0.1, 0.15) is 22.8 Å². The van der Waals surface area contributed by atoms with E-state index in [2.05, 4.69) is 14.8 Å². The SMILES string of the molecule is C/C(=N\NC(=O)c1cccc(SN2CCOCC2)c1)c1cc(Cl)ccc1[N+](=O)[O-]. The van der Waals surface area contributed by atoms with Gasteiger partial charge in [0.25, 0.3) is 11.6 Å². The molecule has 29 heavy (non-hydrogen) atoms. The molecule has 1 aliphatic rings. The number of nitrogens with zero attached hydrogens (tertiary/aromatic N) is 3. The lowest BCUT2D eigenvalue weighted by Gasteiger charge is -2.25. The van der Waals surface area contributed by atoms with Crippen molar-refractivity contribution in [2.45, 2.75) is 11.8 Å². The highest BCUT2D eigenvalue weighted by Crippen LogP contribution is 2.25. The average Bonchev–Trinajstić information content (AvgIpc) is 2.72. The summed E-state index contributed by atoms with van der Waals surface area (Å²) >= 11 is 7.51. The third-order valence-electron chi connectivity index (χ3n) is 4.17. The van der Waals surface area contributed by atoms with Gasteiger partial charge in [0.1, 0.15) is 0 Å². The maximum absolute atomic E-state index is 12.5. The number of hydrazone groups is 1. The molecule has 1 saturated heterocycles. The predicted molar refractivity (Wildman–Crippen MR) is 112 cm³/mol. The number of morpholine rings is 1. The third-order valence-corrected chi connectivity index (χ3v) is 5.49. The summed E-state index contributed by atoms with van der Waals surface area (Å²) in [6.07, 6.45) is 0. The van der Waals surface area contributed by atoms with Gasteiger partial charge in [-0.3, -0.25) is 14.9 Å². The zero-order valence-electron chi connectivity index (χ0n) is 15.6. The first-order valence-electron chi connectivity index (χ1n) is 8.83. The van der Waals surface area contributed by atoms with Crippen molar-refractivity contribution in [3.8, 4) is 0 Å². The van der Waals surface area contributed by atoms with Crippen molar-refractivity contribution < 1.29 is 14.5 Å². The van der Waals surface area contributed by atoms with Crippen molar-refractivity contribution >= 4 is 40.9 Å². The average molecular weight is 435 g/mol. The highest BCUT2D eigenvalue weighted by molar-refractivity contribution is 7.97. The molecule has 0 saturated carbocycles. The van der Waals surface area contributed by atoms with E-state index < -0.39 is 10.8 Å². The zero-order valence-corrected chi connectivity index (χ0v) is 17.2. The molecule has 0 radical (unpaired) electrons. The minimum absolute atomic E-state index is 0.131. The molecule has 2 aromatic carbocycles. The second-order valence-corrected chi connectivity index (χ2v) is 7.82. The van der Waals surface area contributed by atoms with E-state index in [1.165, 1.54) is 18.2 Å². The molecular weight excluding hydrogens is 416 g/mol. The van der Waals surface area contributed by atoms with Crippen molar-refractivity contribution in [1.29, 1.82) is 0 Å². The van der Waals surface area contributed by atoms with Crippen LogP contribution in [-0.4, -0.2) is 47.2 Å². The summed E-state index contributed by atoms with van der Waals surface area (Å²) in [6, 6.07) is 11.4. The highest BCUT2D eigenvalue weighted by atomic mass is 35.5. The molecule has 8 nitrogen and oxygen atoms in total. The van der Waals surface area contributed by atoms with E-state index in [9.17, 15) is 14.9 Å². The summed E-state index contributed by atoms with van der Waals surface area (Å²) < 4.78 is 7.52. The molecule has 1 amide bonds. The lowest BCUT2D eigenvalue weighted by molar-refractivity contribution is -0.385. The minimum Gasteiger partial charge on any atom is -0.379 e. The fraction of sp³-hybridized carbons (Fsp3) is 0.263. The summed E-state index contributed by atoms with van der Waals surface area (Å²) in [4.78, 5) is 24.1. The van der Waals surface area contributed by atoms with Crippen molar-refractivity contribution in [2.24, 2.45) is 5.10 Å². The van der Waals surface area contributed by atoms with Gasteiger partial charge in [-0.25, -0.2) is 9.73 Å². The molecule has 0 aliphatic carbocycles. The molecule has 3 rings (SSSR count). The molecule has 0 bridgehead atoms. The maximum Gasteiger partial charge on any atom is 0.278 e. The normalized spacial score (nSPS) is 15.2. The summed E-state index contributed by atoms with van der Waals surface area (Å²) in [5, 5.41) is 15.6. The summed E-state index contributed by atoms with van der Waals surface area (Å²) in [7, 11) is 0. The Hall–Kier alpha value is -2.46. The van der Waals surface area contributed by atoms with E-state index in [1.807, 2.05) is 6.07 Å². The van der Waals surface area contributed by atoms with Gasteiger partial charge in [-0.2, -0.15) is 5.10 Å². The molecule has 152 valence electrons.